The van der Waals surface area contributed by atoms with E-state index < -0.39 is 20.6 Å². The van der Waals surface area contributed by atoms with E-state index in [-0.39, 0.29) is 36.7 Å². The lowest BCUT2D eigenvalue weighted by Crippen LogP contribution is -2.45. The molecule has 7 heteroatoms. The average Bonchev–Trinajstić information content (AvgIpc) is 3.25. The topological polar surface area (TPSA) is 86.7 Å². The van der Waals surface area contributed by atoms with Crippen molar-refractivity contribution in [3.63, 3.8) is 0 Å². The number of Topliss-reactive ketones (excluding diaryl/α,β-unsaturated/α-hetero) is 1. The van der Waals surface area contributed by atoms with Crippen LogP contribution in [-0.2, 0) is 19.4 Å². The molecule has 0 amide bonds. The molecular weight excluding hydrogens is 416 g/mol. The van der Waals surface area contributed by atoms with Gasteiger partial charge in [-0.05, 0) is 69.0 Å². The van der Waals surface area contributed by atoms with Crippen LogP contribution in [0.2, 0.25) is 0 Å². The molecule has 0 spiro atoms. The highest BCUT2D eigenvalue weighted by Gasteiger charge is 2.54. The van der Waals surface area contributed by atoms with E-state index in [0.29, 0.717) is 24.2 Å². The summed E-state index contributed by atoms with van der Waals surface area (Å²) in [6.45, 7) is 5.13. The molecule has 1 aliphatic rings. The molecule has 1 saturated carbocycles. The smallest absolute Gasteiger partial charge is 0.327 e. The van der Waals surface area contributed by atoms with E-state index in [0.717, 1.165) is 11.1 Å². The number of hydrogen-bond acceptors (Lipinski definition) is 6. The fourth-order valence-electron chi connectivity index (χ4n) is 3.94. The number of carbonyl (C=O) groups excluding carboxylic acids is 2. The number of carbonyl (C=O) groups is 2. The third kappa shape index (κ3) is 4.51. The summed E-state index contributed by atoms with van der Waals surface area (Å²) in [7, 11) is -3.91. The van der Waals surface area contributed by atoms with Gasteiger partial charge in [-0.1, -0.05) is 31.0 Å². The van der Waals surface area contributed by atoms with E-state index in [1.165, 1.54) is 6.92 Å². The Hall–Kier alpha value is -2.67. The minimum absolute atomic E-state index is 0.0236. The molecule has 1 aliphatic carbocycles. The number of sulfone groups is 1. The minimum atomic E-state index is -3.91. The lowest BCUT2D eigenvalue weighted by atomic mass is 10.1. The van der Waals surface area contributed by atoms with Gasteiger partial charge in [0.2, 0.25) is 0 Å². The lowest BCUT2D eigenvalue weighted by molar-refractivity contribution is -0.147. The molecule has 0 atom stereocenters. The van der Waals surface area contributed by atoms with E-state index in [4.69, 9.17) is 9.47 Å². The Bertz CT molecular complexity index is 1080. The number of aryl methyl sites for hydroxylation is 2. The molecule has 3 rings (SSSR count). The molecule has 0 saturated heterocycles. The fourth-order valence-corrected chi connectivity index (χ4v) is 6.07. The average molecular weight is 445 g/mol. The van der Waals surface area contributed by atoms with Gasteiger partial charge in [0.1, 0.15) is 19.0 Å². The third-order valence-corrected chi connectivity index (χ3v) is 8.40. The summed E-state index contributed by atoms with van der Waals surface area (Å²) in [5.41, 5.74) is 2.29. The van der Waals surface area contributed by atoms with Crippen LogP contribution in [0.1, 0.15) is 54.1 Å². The number of ketones is 1. The van der Waals surface area contributed by atoms with Gasteiger partial charge < -0.3 is 9.47 Å². The first-order chi connectivity index (χ1) is 14.7. The molecule has 0 unspecified atom stereocenters. The number of para-hydroxylation sites is 1. The van der Waals surface area contributed by atoms with E-state index in [9.17, 15) is 18.0 Å². The zero-order valence-electron chi connectivity index (χ0n) is 18.1. The monoisotopic (exact) mass is 444 g/mol. The van der Waals surface area contributed by atoms with Crippen LogP contribution in [0.25, 0.3) is 0 Å². The van der Waals surface area contributed by atoms with E-state index in [1.54, 1.807) is 42.5 Å². The molecule has 0 heterocycles. The Balaban J connectivity index is 1.72. The number of ether oxygens (including phenoxy) is 2. The largest absolute Gasteiger partial charge is 0.489 e. The summed E-state index contributed by atoms with van der Waals surface area (Å²) in [4.78, 5) is 24.8. The minimum Gasteiger partial charge on any atom is -0.489 e. The van der Waals surface area contributed by atoms with Crippen molar-refractivity contribution in [3.8, 4) is 5.75 Å². The van der Waals surface area contributed by atoms with Crippen molar-refractivity contribution in [2.45, 2.75) is 56.1 Å². The highest BCUT2D eigenvalue weighted by Crippen LogP contribution is 2.41. The van der Waals surface area contributed by atoms with Gasteiger partial charge in [0.25, 0.3) is 0 Å². The normalized spacial score (nSPS) is 15.5. The van der Waals surface area contributed by atoms with Crippen LogP contribution in [0, 0.1) is 13.8 Å². The number of esters is 1. The molecule has 0 N–H and O–H groups in total. The summed E-state index contributed by atoms with van der Waals surface area (Å²) in [5.74, 6) is -0.451. The van der Waals surface area contributed by atoms with Crippen LogP contribution < -0.4 is 4.74 Å². The zero-order valence-corrected chi connectivity index (χ0v) is 19.0. The SMILES string of the molecule is CC(=O)c1ccccc1OCCOC(=O)C1(S(=O)(=O)c2ccc(C)c(C)c2)CCCC1. The Morgan fingerprint density at radius 3 is 2.29 bits per heavy atom. The second kappa shape index (κ2) is 9.22. The predicted octanol–water partition coefficient (Wildman–Crippen LogP) is 4.21. The molecular formula is C24H28O6S. The summed E-state index contributed by atoms with van der Waals surface area (Å²) in [6.07, 6.45) is 1.80. The quantitative estimate of drug-likeness (QED) is 0.344. The molecule has 0 radical (unpaired) electrons. The van der Waals surface area contributed by atoms with E-state index >= 15 is 0 Å². The maximum absolute atomic E-state index is 13.5. The Labute approximate surface area is 183 Å². The Morgan fingerprint density at radius 2 is 1.65 bits per heavy atom. The first-order valence-corrected chi connectivity index (χ1v) is 11.9. The fraction of sp³-hybridized carbons (Fsp3) is 0.417. The van der Waals surface area contributed by atoms with Crippen LogP contribution in [0.4, 0.5) is 0 Å². The van der Waals surface area contributed by atoms with Gasteiger partial charge in [0.15, 0.2) is 20.4 Å². The van der Waals surface area contributed by atoms with Crippen molar-refractivity contribution in [1.82, 2.24) is 0 Å². The molecule has 166 valence electrons. The Morgan fingerprint density at radius 1 is 0.968 bits per heavy atom. The number of hydrogen-bond donors (Lipinski definition) is 0. The van der Waals surface area contributed by atoms with Crippen molar-refractivity contribution in [2.75, 3.05) is 13.2 Å². The third-order valence-electron chi connectivity index (χ3n) is 5.93. The van der Waals surface area contributed by atoms with E-state index in [2.05, 4.69) is 0 Å². The number of rotatable bonds is 8. The highest BCUT2D eigenvalue weighted by molar-refractivity contribution is 7.93. The first-order valence-electron chi connectivity index (χ1n) is 10.4. The van der Waals surface area contributed by atoms with Gasteiger partial charge in [-0.25, -0.2) is 8.42 Å². The van der Waals surface area contributed by atoms with Crippen LogP contribution in [0.5, 0.6) is 5.75 Å². The van der Waals surface area contributed by atoms with Crippen LogP contribution >= 0.6 is 0 Å². The van der Waals surface area contributed by atoms with Gasteiger partial charge in [0.05, 0.1) is 10.5 Å². The van der Waals surface area contributed by atoms with Crippen molar-refractivity contribution >= 4 is 21.6 Å². The zero-order chi connectivity index (χ0) is 22.6. The Kier molecular flexibility index (Phi) is 6.84. The molecule has 2 aromatic carbocycles. The van der Waals surface area contributed by atoms with Crippen molar-refractivity contribution in [2.24, 2.45) is 0 Å². The summed E-state index contributed by atoms with van der Waals surface area (Å²) in [5, 5.41) is 0. The predicted molar refractivity (Wildman–Crippen MR) is 117 cm³/mol. The van der Waals surface area contributed by atoms with Crippen molar-refractivity contribution in [3.05, 3.63) is 59.2 Å². The molecule has 0 aromatic heterocycles. The van der Waals surface area contributed by atoms with E-state index in [1.807, 2.05) is 13.8 Å². The molecule has 0 aliphatic heterocycles. The molecule has 1 fully saturated rings. The molecule has 6 nitrogen and oxygen atoms in total. The van der Waals surface area contributed by atoms with Gasteiger partial charge >= 0.3 is 5.97 Å². The van der Waals surface area contributed by atoms with Gasteiger partial charge in [-0.15, -0.1) is 0 Å². The summed E-state index contributed by atoms with van der Waals surface area (Å²) in [6, 6.07) is 11.8. The highest BCUT2D eigenvalue weighted by atomic mass is 32.2. The maximum Gasteiger partial charge on any atom is 0.327 e. The van der Waals surface area contributed by atoms with Crippen molar-refractivity contribution < 1.29 is 27.5 Å². The van der Waals surface area contributed by atoms with Gasteiger partial charge in [-0.2, -0.15) is 0 Å². The maximum atomic E-state index is 13.5. The van der Waals surface area contributed by atoms with Crippen molar-refractivity contribution in [1.29, 1.82) is 0 Å². The van der Waals surface area contributed by atoms with Gasteiger partial charge in [-0.3, -0.25) is 9.59 Å². The molecule has 31 heavy (non-hydrogen) atoms. The number of benzene rings is 2. The van der Waals surface area contributed by atoms with Crippen LogP contribution in [0.15, 0.2) is 47.4 Å². The molecule has 2 aromatic rings. The second-order valence-corrected chi connectivity index (χ2v) is 10.2. The summed E-state index contributed by atoms with van der Waals surface area (Å²) < 4.78 is 36.3. The molecule has 0 bridgehead atoms. The lowest BCUT2D eigenvalue weighted by Gasteiger charge is -2.27. The first kappa shape index (κ1) is 23.0. The standard InChI is InChI=1S/C24H28O6S/c1-17-10-11-20(16-18(17)2)31(27,28)24(12-6-7-13-24)23(26)30-15-14-29-22-9-5-4-8-21(22)19(3)25/h4-5,8-11,16H,6-7,12-15H2,1-3H3. The van der Waals surface area contributed by atoms with Crippen LogP contribution in [0.3, 0.4) is 0 Å². The van der Waals surface area contributed by atoms with Gasteiger partial charge in [0, 0.05) is 0 Å². The van der Waals surface area contributed by atoms with Crippen LogP contribution in [-0.4, -0.2) is 38.1 Å². The second-order valence-electron chi connectivity index (χ2n) is 7.99. The summed E-state index contributed by atoms with van der Waals surface area (Å²) >= 11 is 0.